The standard InChI is InChI=1S/C17H14N2O4/c20-15-13-11-5-6-12(17(11)7-8-17)14(13)16(21)18(15)9-1-3-10(4-2-9)19(22)23/h1-6,11-14H,7-8H2/t11-,12-,13-,14+/m0/s1. The molecule has 0 unspecified atom stereocenters. The van der Waals surface area contributed by atoms with Crippen LogP contribution in [0, 0.1) is 39.2 Å². The number of fused-ring (bicyclic) bond motifs is 3. The minimum absolute atomic E-state index is 0.0493. The molecule has 2 amide bonds. The molecule has 1 saturated heterocycles. The number of non-ortho nitro benzene ring substituents is 1. The highest BCUT2D eigenvalue weighted by molar-refractivity contribution is 6.23. The smallest absolute Gasteiger partial charge is 0.269 e. The fourth-order valence-electron chi connectivity index (χ4n) is 5.06. The van der Waals surface area contributed by atoms with Gasteiger partial charge in [0, 0.05) is 12.1 Å². The van der Waals surface area contributed by atoms with Crippen LogP contribution >= 0.6 is 0 Å². The number of anilines is 1. The van der Waals surface area contributed by atoms with Crippen LogP contribution in [-0.2, 0) is 9.59 Å². The van der Waals surface area contributed by atoms with Crippen molar-refractivity contribution in [1.29, 1.82) is 0 Å². The average Bonchev–Trinajstić information content (AvgIpc) is 3.13. The highest BCUT2D eigenvalue weighted by atomic mass is 16.6. The summed E-state index contributed by atoms with van der Waals surface area (Å²) in [5.41, 5.74) is 0.568. The van der Waals surface area contributed by atoms with Gasteiger partial charge in [0.05, 0.1) is 22.4 Å². The number of amides is 2. The number of nitrogens with zero attached hydrogens (tertiary/aromatic N) is 2. The molecule has 1 aromatic rings. The second-order valence-electron chi connectivity index (χ2n) is 7.01. The van der Waals surface area contributed by atoms with Gasteiger partial charge in [-0.25, -0.2) is 0 Å². The van der Waals surface area contributed by atoms with Gasteiger partial charge < -0.3 is 0 Å². The highest BCUT2D eigenvalue weighted by Crippen LogP contribution is 2.73. The predicted molar refractivity (Wildman–Crippen MR) is 80.4 cm³/mol. The van der Waals surface area contributed by atoms with E-state index in [9.17, 15) is 19.7 Å². The van der Waals surface area contributed by atoms with Crippen LogP contribution in [0.3, 0.4) is 0 Å². The lowest BCUT2D eigenvalue weighted by Crippen LogP contribution is -2.34. The van der Waals surface area contributed by atoms with Crippen molar-refractivity contribution in [1.82, 2.24) is 0 Å². The van der Waals surface area contributed by atoms with Crippen LogP contribution < -0.4 is 4.90 Å². The van der Waals surface area contributed by atoms with E-state index < -0.39 is 4.92 Å². The van der Waals surface area contributed by atoms with Gasteiger partial charge >= 0.3 is 0 Å². The Hall–Kier alpha value is -2.50. The molecule has 116 valence electrons. The van der Waals surface area contributed by atoms with Gasteiger partial charge in [-0.1, -0.05) is 12.2 Å². The number of hydrogen-bond acceptors (Lipinski definition) is 4. The summed E-state index contributed by atoms with van der Waals surface area (Å²) in [6.07, 6.45) is 6.48. The summed E-state index contributed by atoms with van der Waals surface area (Å²) in [6, 6.07) is 5.63. The van der Waals surface area contributed by atoms with E-state index in [4.69, 9.17) is 0 Å². The molecule has 3 fully saturated rings. The summed E-state index contributed by atoms with van der Waals surface area (Å²) in [4.78, 5) is 37.2. The van der Waals surface area contributed by atoms with Crippen molar-refractivity contribution in [3.05, 3.63) is 46.5 Å². The molecule has 5 rings (SSSR count). The molecule has 1 spiro atoms. The first kappa shape index (κ1) is 13.0. The Morgan fingerprint density at radius 3 is 1.96 bits per heavy atom. The molecule has 2 bridgehead atoms. The molecule has 0 radical (unpaired) electrons. The Balaban J connectivity index is 1.52. The third kappa shape index (κ3) is 1.39. The Kier molecular flexibility index (Phi) is 2.19. The summed E-state index contributed by atoms with van der Waals surface area (Å²) < 4.78 is 0. The van der Waals surface area contributed by atoms with Crippen LogP contribution in [0.25, 0.3) is 0 Å². The fourth-order valence-corrected chi connectivity index (χ4v) is 5.06. The van der Waals surface area contributed by atoms with Crippen LogP contribution in [0.5, 0.6) is 0 Å². The van der Waals surface area contributed by atoms with E-state index in [2.05, 4.69) is 12.2 Å². The van der Waals surface area contributed by atoms with Gasteiger partial charge in [-0.15, -0.1) is 0 Å². The lowest BCUT2D eigenvalue weighted by molar-refractivity contribution is -0.384. The Bertz CT molecular complexity index is 759. The lowest BCUT2D eigenvalue weighted by atomic mass is 9.85. The predicted octanol–water partition coefficient (Wildman–Crippen LogP) is 2.30. The fraction of sp³-hybridized carbons (Fsp3) is 0.412. The van der Waals surface area contributed by atoms with Crippen molar-refractivity contribution in [2.24, 2.45) is 29.1 Å². The van der Waals surface area contributed by atoms with Crippen LogP contribution in [-0.4, -0.2) is 16.7 Å². The summed E-state index contributed by atoms with van der Waals surface area (Å²) >= 11 is 0. The number of benzene rings is 1. The van der Waals surface area contributed by atoms with E-state index >= 15 is 0 Å². The van der Waals surface area contributed by atoms with Gasteiger partial charge in [0.15, 0.2) is 0 Å². The second kappa shape index (κ2) is 3.88. The molecule has 1 heterocycles. The zero-order chi connectivity index (χ0) is 15.9. The van der Waals surface area contributed by atoms with Crippen LogP contribution in [0.15, 0.2) is 36.4 Å². The summed E-state index contributed by atoms with van der Waals surface area (Å²) in [6.45, 7) is 0. The van der Waals surface area contributed by atoms with Gasteiger partial charge in [-0.05, 0) is 42.2 Å². The Labute approximate surface area is 131 Å². The normalized spacial score (nSPS) is 35.2. The van der Waals surface area contributed by atoms with E-state index in [1.54, 1.807) is 0 Å². The SMILES string of the molecule is O=C1[C@@H]2[C@H](C(=O)N1c1ccc([N+](=O)[O-])cc1)[C@@H]1C=C[C@@H]2C12CC2. The first-order valence-electron chi connectivity index (χ1n) is 7.85. The van der Waals surface area contributed by atoms with Gasteiger partial charge in [0.25, 0.3) is 5.69 Å². The molecular weight excluding hydrogens is 296 g/mol. The van der Waals surface area contributed by atoms with Crippen molar-refractivity contribution >= 4 is 23.2 Å². The lowest BCUT2D eigenvalue weighted by Gasteiger charge is -2.21. The Morgan fingerprint density at radius 1 is 1.00 bits per heavy atom. The molecule has 2 saturated carbocycles. The zero-order valence-electron chi connectivity index (χ0n) is 12.2. The number of hydrogen-bond donors (Lipinski definition) is 0. The summed E-state index contributed by atoms with van der Waals surface area (Å²) in [5, 5.41) is 10.7. The number of imide groups is 1. The first-order chi connectivity index (χ1) is 11.0. The maximum atomic E-state index is 12.9. The van der Waals surface area contributed by atoms with Crippen LogP contribution in [0.2, 0.25) is 0 Å². The molecule has 3 aliphatic carbocycles. The van der Waals surface area contributed by atoms with Gasteiger partial charge in [-0.2, -0.15) is 0 Å². The maximum absolute atomic E-state index is 12.9. The van der Waals surface area contributed by atoms with E-state index in [1.807, 2.05) is 0 Å². The van der Waals surface area contributed by atoms with Crippen molar-refractivity contribution in [3.63, 3.8) is 0 Å². The van der Waals surface area contributed by atoms with E-state index in [0.717, 1.165) is 12.8 Å². The molecule has 0 aromatic heterocycles. The minimum atomic E-state index is -0.493. The molecule has 6 heteroatoms. The number of allylic oxidation sites excluding steroid dienone is 2. The quantitative estimate of drug-likeness (QED) is 0.363. The van der Waals surface area contributed by atoms with E-state index in [0.29, 0.717) is 5.69 Å². The first-order valence-corrected chi connectivity index (χ1v) is 7.85. The zero-order valence-corrected chi connectivity index (χ0v) is 12.2. The monoisotopic (exact) mass is 310 g/mol. The van der Waals surface area contributed by atoms with Crippen molar-refractivity contribution < 1.29 is 14.5 Å². The van der Waals surface area contributed by atoms with E-state index in [1.165, 1.54) is 29.2 Å². The number of rotatable bonds is 2. The van der Waals surface area contributed by atoms with Gasteiger partial charge in [-0.3, -0.25) is 24.6 Å². The van der Waals surface area contributed by atoms with Crippen LogP contribution in [0.1, 0.15) is 12.8 Å². The largest absolute Gasteiger partial charge is 0.274 e. The summed E-state index contributed by atoms with van der Waals surface area (Å²) in [5.74, 6) is -0.381. The molecule has 1 aromatic carbocycles. The molecule has 4 aliphatic rings. The maximum Gasteiger partial charge on any atom is 0.269 e. The van der Waals surface area contributed by atoms with Crippen LogP contribution in [0.4, 0.5) is 11.4 Å². The molecule has 23 heavy (non-hydrogen) atoms. The van der Waals surface area contributed by atoms with Gasteiger partial charge in [0.1, 0.15) is 0 Å². The molecule has 4 atom stereocenters. The number of carbonyl (C=O) groups excluding carboxylic acids is 2. The van der Waals surface area contributed by atoms with Crippen molar-refractivity contribution in [3.8, 4) is 0 Å². The highest BCUT2D eigenvalue weighted by Gasteiger charge is 2.73. The second-order valence-corrected chi connectivity index (χ2v) is 7.01. The third-order valence-electron chi connectivity index (χ3n) is 6.17. The third-order valence-corrected chi connectivity index (χ3v) is 6.17. The van der Waals surface area contributed by atoms with Crippen molar-refractivity contribution in [2.45, 2.75) is 12.8 Å². The number of nitro benzene ring substituents is 1. The van der Waals surface area contributed by atoms with Gasteiger partial charge in [0.2, 0.25) is 11.8 Å². The average molecular weight is 310 g/mol. The topological polar surface area (TPSA) is 80.5 Å². The molecule has 0 N–H and O–H groups in total. The summed E-state index contributed by atoms with van der Waals surface area (Å²) in [7, 11) is 0. The number of carbonyl (C=O) groups is 2. The molecule has 1 aliphatic heterocycles. The number of nitro groups is 1. The Morgan fingerprint density at radius 2 is 1.52 bits per heavy atom. The molecule has 6 nitrogen and oxygen atoms in total. The minimum Gasteiger partial charge on any atom is -0.274 e. The van der Waals surface area contributed by atoms with Crippen molar-refractivity contribution in [2.75, 3.05) is 4.90 Å². The molecular formula is C17H14N2O4. The van der Waals surface area contributed by atoms with E-state index in [-0.39, 0.29) is 46.6 Å².